The summed E-state index contributed by atoms with van der Waals surface area (Å²) in [5.74, 6) is -0.0829. The van der Waals surface area contributed by atoms with Crippen molar-refractivity contribution in [3.63, 3.8) is 0 Å². The number of rotatable bonds is 0. The van der Waals surface area contributed by atoms with E-state index in [4.69, 9.17) is 0 Å². The maximum atomic E-state index is 12.1. The van der Waals surface area contributed by atoms with Crippen LogP contribution in [0.1, 0.15) is 16.1 Å². The lowest BCUT2D eigenvalue weighted by atomic mass is 10.1. The van der Waals surface area contributed by atoms with Crippen LogP contribution in [-0.2, 0) is 0 Å². The lowest BCUT2D eigenvalue weighted by Gasteiger charge is -2.00. The molecule has 17 heavy (non-hydrogen) atoms. The summed E-state index contributed by atoms with van der Waals surface area (Å²) < 4.78 is 1.66. The Balaban J connectivity index is 2.24. The number of carbonyl (C=O) groups excluding carboxylic acids is 1. The van der Waals surface area contributed by atoms with Crippen molar-refractivity contribution in [3.05, 3.63) is 47.8 Å². The van der Waals surface area contributed by atoms with Crippen molar-refractivity contribution in [3.8, 4) is 11.3 Å². The second-order valence-electron chi connectivity index (χ2n) is 3.87. The predicted molar refractivity (Wildman–Crippen MR) is 59.7 cm³/mol. The number of nitrogens with zero attached hydrogens (tertiary/aromatic N) is 4. The summed E-state index contributed by atoms with van der Waals surface area (Å²) in [6.45, 7) is 0. The Bertz CT molecular complexity index is 775. The SMILES string of the molecule is O=C1c2ccccc2-c2c1nnc1ccnn21. The van der Waals surface area contributed by atoms with E-state index in [1.54, 1.807) is 22.8 Å². The number of fused-ring (bicyclic) bond motifs is 5. The molecule has 0 saturated heterocycles. The minimum absolute atomic E-state index is 0.0829. The molecular formula is C12H6N4O. The first-order valence-corrected chi connectivity index (χ1v) is 5.21. The van der Waals surface area contributed by atoms with Crippen molar-refractivity contribution in [2.24, 2.45) is 0 Å². The molecule has 80 valence electrons. The van der Waals surface area contributed by atoms with Gasteiger partial charge in [-0.1, -0.05) is 24.3 Å². The maximum absolute atomic E-state index is 12.1. The minimum atomic E-state index is -0.0829. The van der Waals surface area contributed by atoms with Crippen molar-refractivity contribution in [2.45, 2.75) is 0 Å². The highest BCUT2D eigenvalue weighted by Crippen LogP contribution is 2.34. The highest BCUT2D eigenvalue weighted by molar-refractivity contribution is 6.19. The molecule has 0 saturated carbocycles. The maximum Gasteiger partial charge on any atom is 0.216 e. The Kier molecular flexibility index (Phi) is 1.39. The molecule has 0 spiro atoms. The second-order valence-corrected chi connectivity index (χ2v) is 3.87. The van der Waals surface area contributed by atoms with E-state index in [-0.39, 0.29) is 5.78 Å². The van der Waals surface area contributed by atoms with E-state index in [1.807, 2.05) is 18.2 Å². The van der Waals surface area contributed by atoms with Crippen LogP contribution in [0.2, 0.25) is 0 Å². The second kappa shape index (κ2) is 2.76. The number of benzene rings is 1. The predicted octanol–water partition coefficient (Wildman–Crippen LogP) is 1.34. The van der Waals surface area contributed by atoms with Crippen LogP contribution in [0.5, 0.6) is 0 Å². The van der Waals surface area contributed by atoms with Crippen LogP contribution >= 0.6 is 0 Å². The highest BCUT2D eigenvalue weighted by Gasteiger charge is 2.30. The Labute approximate surface area is 95.7 Å². The molecule has 1 aliphatic carbocycles. The summed E-state index contributed by atoms with van der Waals surface area (Å²) in [6, 6.07) is 9.21. The summed E-state index contributed by atoms with van der Waals surface area (Å²) in [7, 11) is 0. The van der Waals surface area contributed by atoms with Gasteiger partial charge in [0.05, 0.1) is 6.20 Å². The minimum Gasteiger partial charge on any atom is -0.287 e. The van der Waals surface area contributed by atoms with Crippen molar-refractivity contribution in [1.82, 2.24) is 19.8 Å². The third kappa shape index (κ3) is 0.932. The zero-order chi connectivity index (χ0) is 11.4. The highest BCUT2D eigenvalue weighted by atomic mass is 16.1. The van der Waals surface area contributed by atoms with Crippen molar-refractivity contribution >= 4 is 11.4 Å². The van der Waals surface area contributed by atoms with Gasteiger partial charge in [-0.25, -0.2) is 4.52 Å². The lowest BCUT2D eigenvalue weighted by Crippen LogP contribution is -2.04. The van der Waals surface area contributed by atoms with Gasteiger partial charge >= 0.3 is 0 Å². The molecule has 1 aliphatic rings. The molecule has 2 heterocycles. The van der Waals surface area contributed by atoms with E-state index < -0.39 is 0 Å². The number of hydrogen-bond donors (Lipinski definition) is 0. The quantitative estimate of drug-likeness (QED) is 0.450. The fourth-order valence-electron chi connectivity index (χ4n) is 2.20. The van der Waals surface area contributed by atoms with Crippen LogP contribution in [0.25, 0.3) is 16.9 Å². The van der Waals surface area contributed by atoms with E-state index in [0.29, 0.717) is 16.9 Å². The van der Waals surface area contributed by atoms with Crippen LogP contribution in [0.3, 0.4) is 0 Å². The number of ketones is 1. The molecular weight excluding hydrogens is 216 g/mol. The summed E-state index contributed by atoms with van der Waals surface area (Å²) >= 11 is 0. The molecule has 0 bridgehead atoms. The molecule has 4 rings (SSSR count). The molecule has 0 N–H and O–H groups in total. The van der Waals surface area contributed by atoms with Gasteiger partial charge in [0, 0.05) is 17.2 Å². The average Bonchev–Trinajstić information content (AvgIpc) is 2.93. The summed E-state index contributed by atoms with van der Waals surface area (Å²) in [6.07, 6.45) is 1.65. The Morgan fingerprint density at radius 3 is 2.71 bits per heavy atom. The summed E-state index contributed by atoms with van der Waals surface area (Å²) in [5, 5.41) is 12.2. The van der Waals surface area contributed by atoms with Gasteiger partial charge in [-0.3, -0.25) is 4.79 Å². The molecule has 2 aromatic heterocycles. The standard InChI is InChI=1S/C12H6N4O/c17-12-8-4-2-1-3-7(8)11-10(12)15-14-9-5-6-13-16(9)11/h1-6H. The van der Waals surface area contributed by atoms with Crippen LogP contribution in [-0.4, -0.2) is 25.6 Å². The molecule has 0 amide bonds. The largest absolute Gasteiger partial charge is 0.287 e. The van der Waals surface area contributed by atoms with E-state index in [2.05, 4.69) is 15.3 Å². The Hall–Kier alpha value is -2.56. The Morgan fingerprint density at radius 2 is 1.82 bits per heavy atom. The van der Waals surface area contributed by atoms with Gasteiger partial charge in [-0.15, -0.1) is 10.2 Å². The molecule has 1 aromatic carbocycles. The van der Waals surface area contributed by atoms with Crippen LogP contribution in [0.15, 0.2) is 36.5 Å². The molecule has 5 heteroatoms. The number of carbonyl (C=O) groups is 1. The van der Waals surface area contributed by atoms with Gasteiger partial charge in [0.1, 0.15) is 5.69 Å². The fourth-order valence-corrected chi connectivity index (χ4v) is 2.20. The first kappa shape index (κ1) is 8.58. The molecule has 0 fully saturated rings. The first-order valence-electron chi connectivity index (χ1n) is 5.21. The van der Waals surface area contributed by atoms with Crippen LogP contribution in [0, 0.1) is 0 Å². The third-order valence-electron chi connectivity index (χ3n) is 2.95. The zero-order valence-electron chi connectivity index (χ0n) is 8.66. The van der Waals surface area contributed by atoms with E-state index in [9.17, 15) is 4.79 Å². The summed E-state index contributed by atoms with van der Waals surface area (Å²) in [5.41, 5.74) is 3.30. The van der Waals surface area contributed by atoms with E-state index in [1.165, 1.54) is 0 Å². The van der Waals surface area contributed by atoms with Gasteiger partial charge in [0.25, 0.3) is 0 Å². The number of hydrogen-bond acceptors (Lipinski definition) is 4. The smallest absolute Gasteiger partial charge is 0.216 e. The fraction of sp³-hybridized carbons (Fsp3) is 0. The topological polar surface area (TPSA) is 60.2 Å². The van der Waals surface area contributed by atoms with Crippen LogP contribution in [0.4, 0.5) is 0 Å². The monoisotopic (exact) mass is 222 g/mol. The third-order valence-corrected chi connectivity index (χ3v) is 2.95. The van der Waals surface area contributed by atoms with Crippen molar-refractivity contribution < 1.29 is 4.79 Å². The average molecular weight is 222 g/mol. The Morgan fingerprint density at radius 1 is 1.00 bits per heavy atom. The molecule has 3 aromatic rings. The molecule has 0 radical (unpaired) electrons. The van der Waals surface area contributed by atoms with Gasteiger partial charge in [-0.05, 0) is 0 Å². The lowest BCUT2D eigenvalue weighted by molar-refractivity contribution is 0.103. The number of aromatic nitrogens is 4. The summed E-state index contributed by atoms with van der Waals surface area (Å²) in [4.78, 5) is 12.1. The molecule has 0 aliphatic heterocycles. The van der Waals surface area contributed by atoms with Gasteiger partial charge < -0.3 is 0 Å². The molecule has 0 atom stereocenters. The first-order chi connectivity index (χ1) is 8.36. The van der Waals surface area contributed by atoms with Gasteiger partial charge in [-0.2, -0.15) is 5.10 Å². The molecule has 5 nitrogen and oxygen atoms in total. The van der Waals surface area contributed by atoms with Gasteiger partial charge in [0.2, 0.25) is 5.78 Å². The van der Waals surface area contributed by atoms with E-state index in [0.717, 1.165) is 11.3 Å². The van der Waals surface area contributed by atoms with E-state index >= 15 is 0 Å². The zero-order valence-corrected chi connectivity index (χ0v) is 8.66. The van der Waals surface area contributed by atoms with Crippen molar-refractivity contribution in [2.75, 3.05) is 0 Å². The van der Waals surface area contributed by atoms with Crippen molar-refractivity contribution in [1.29, 1.82) is 0 Å². The van der Waals surface area contributed by atoms with Crippen LogP contribution < -0.4 is 0 Å². The molecule has 0 unspecified atom stereocenters. The normalized spacial score (nSPS) is 12.8. The van der Waals surface area contributed by atoms with Gasteiger partial charge in [0.15, 0.2) is 11.3 Å².